The molecule has 0 fully saturated rings. The van der Waals surface area contributed by atoms with E-state index in [1.54, 1.807) is 55.2 Å². The van der Waals surface area contributed by atoms with E-state index >= 15 is 0 Å². The first-order valence-corrected chi connectivity index (χ1v) is 8.52. The van der Waals surface area contributed by atoms with Gasteiger partial charge in [0.1, 0.15) is 0 Å². The van der Waals surface area contributed by atoms with E-state index in [1.807, 2.05) is 22.9 Å². The first-order chi connectivity index (χ1) is 11.1. The van der Waals surface area contributed by atoms with Gasteiger partial charge >= 0.3 is 0 Å². The lowest BCUT2D eigenvalue weighted by Gasteiger charge is -2.07. The summed E-state index contributed by atoms with van der Waals surface area (Å²) in [6.07, 6.45) is 6.87. The Labute approximate surface area is 136 Å². The second-order valence-electron chi connectivity index (χ2n) is 4.95. The Balaban J connectivity index is 1.71. The summed E-state index contributed by atoms with van der Waals surface area (Å²) in [5.41, 5.74) is 2.17. The Morgan fingerprint density at radius 3 is 2.35 bits per heavy atom. The highest BCUT2D eigenvalue weighted by Crippen LogP contribution is 2.14. The molecule has 1 atom stereocenters. The van der Waals surface area contributed by atoms with Gasteiger partial charge in [0, 0.05) is 51.3 Å². The average molecular weight is 325 g/mol. The monoisotopic (exact) mass is 325 g/mol. The molecular formula is C17H15N3O2S. The second kappa shape index (κ2) is 6.58. The van der Waals surface area contributed by atoms with Crippen molar-refractivity contribution in [2.24, 2.45) is 0 Å². The summed E-state index contributed by atoms with van der Waals surface area (Å²) in [5, 5.41) is 2.82. The molecule has 23 heavy (non-hydrogen) atoms. The lowest BCUT2D eigenvalue weighted by atomic mass is 10.2. The predicted molar refractivity (Wildman–Crippen MR) is 90.3 cm³/mol. The van der Waals surface area contributed by atoms with E-state index in [2.05, 4.69) is 10.3 Å². The number of hydrogen-bond acceptors (Lipinski definition) is 3. The number of hydrogen-bond donors (Lipinski definition) is 1. The Morgan fingerprint density at radius 2 is 1.78 bits per heavy atom. The highest BCUT2D eigenvalue weighted by molar-refractivity contribution is 7.84. The van der Waals surface area contributed by atoms with Crippen LogP contribution in [0, 0.1) is 0 Å². The predicted octanol–water partition coefficient (Wildman–Crippen LogP) is 2.86. The van der Waals surface area contributed by atoms with Crippen molar-refractivity contribution in [2.45, 2.75) is 4.90 Å². The van der Waals surface area contributed by atoms with Crippen LogP contribution in [0.3, 0.4) is 0 Å². The summed E-state index contributed by atoms with van der Waals surface area (Å²) in [6, 6.07) is 14.2. The molecule has 0 radical (unpaired) electrons. The van der Waals surface area contributed by atoms with Crippen LogP contribution >= 0.6 is 0 Å². The summed E-state index contributed by atoms with van der Waals surface area (Å²) in [4.78, 5) is 17.0. The van der Waals surface area contributed by atoms with Crippen LogP contribution in [-0.2, 0) is 10.8 Å². The quantitative estimate of drug-likeness (QED) is 0.802. The number of nitrogens with zero attached hydrogens (tertiary/aromatic N) is 2. The molecule has 1 N–H and O–H groups in total. The summed E-state index contributed by atoms with van der Waals surface area (Å²) >= 11 is 0. The summed E-state index contributed by atoms with van der Waals surface area (Å²) in [6.45, 7) is 0. The molecule has 3 aromatic rings. The van der Waals surface area contributed by atoms with Crippen molar-refractivity contribution in [3.8, 4) is 5.69 Å². The van der Waals surface area contributed by atoms with Crippen LogP contribution in [-0.4, -0.2) is 25.9 Å². The van der Waals surface area contributed by atoms with E-state index in [9.17, 15) is 9.00 Å². The third kappa shape index (κ3) is 3.54. The normalized spacial score (nSPS) is 11.9. The highest BCUT2D eigenvalue weighted by Gasteiger charge is 2.07. The minimum atomic E-state index is -1.02. The van der Waals surface area contributed by atoms with E-state index in [0.717, 1.165) is 10.6 Å². The molecule has 1 heterocycles. The molecule has 1 amide bonds. The van der Waals surface area contributed by atoms with Crippen molar-refractivity contribution < 1.29 is 9.00 Å². The minimum Gasteiger partial charge on any atom is -0.322 e. The summed E-state index contributed by atoms with van der Waals surface area (Å²) < 4.78 is 13.2. The molecule has 0 bridgehead atoms. The van der Waals surface area contributed by atoms with Gasteiger partial charge in [0.15, 0.2) is 0 Å². The van der Waals surface area contributed by atoms with Crippen LogP contribution in [0.5, 0.6) is 0 Å². The van der Waals surface area contributed by atoms with Crippen LogP contribution in [0.2, 0.25) is 0 Å². The van der Waals surface area contributed by atoms with Crippen molar-refractivity contribution in [3.63, 3.8) is 0 Å². The van der Waals surface area contributed by atoms with Crippen LogP contribution in [0.4, 0.5) is 5.69 Å². The van der Waals surface area contributed by atoms with E-state index in [4.69, 9.17) is 0 Å². The van der Waals surface area contributed by atoms with Crippen LogP contribution in [0.15, 0.2) is 72.1 Å². The van der Waals surface area contributed by atoms with Crippen molar-refractivity contribution in [1.29, 1.82) is 0 Å². The number of carbonyl (C=O) groups is 1. The fourth-order valence-corrected chi connectivity index (χ4v) is 2.65. The number of rotatable bonds is 4. The van der Waals surface area contributed by atoms with E-state index in [-0.39, 0.29) is 5.91 Å². The van der Waals surface area contributed by atoms with Gasteiger partial charge in [-0.2, -0.15) is 0 Å². The third-order valence-corrected chi connectivity index (χ3v) is 4.31. The zero-order valence-corrected chi connectivity index (χ0v) is 13.3. The molecule has 1 aromatic heterocycles. The van der Waals surface area contributed by atoms with Gasteiger partial charge in [-0.15, -0.1) is 0 Å². The fraction of sp³-hybridized carbons (Fsp3) is 0.0588. The molecule has 0 spiro atoms. The molecule has 0 saturated carbocycles. The van der Waals surface area contributed by atoms with Crippen molar-refractivity contribution in [3.05, 3.63) is 72.8 Å². The van der Waals surface area contributed by atoms with Gasteiger partial charge in [0.25, 0.3) is 5.91 Å². The minimum absolute atomic E-state index is 0.187. The summed E-state index contributed by atoms with van der Waals surface area (Å²) in [5.74, 6) is -0.187. The van der Waals surface area contributed by atoms with Crippen LogP contribution < -0.4 is 5.32 Å². The zero-order chi connectivity index (χ0) is 16.2. The molecule has 2 aromatic carbocycles. The third-order valence-electron chi connectivity index (χ3n) is 3.38. The Hall–Kier alpha value is -2.73. The lowest BCUT2D eigenvalue weighted by Crippen LogP contribution is -2.11. The Morgan fingerprint density at radius 1 is 1.09 bits per heavy atom. The average Bonchev–Trinajstić information content (AvgIpc) is 3.10. The zero-order valence-electron chi connectivity index (χ0n) is 12.5. The number of carbonyl (C=O) groups excluding carboxylic acids is 1. The molecule has 3 rings (SSSR count). The smallest absolute Gasteiger partial charge is 0.255 e. The summed E-state index contributed by atoms with van der Waals surface area (Å²) in [7, 11) is -1.02. The number of anilines is 1. The number of imidazole rings is 1. The maximum atomic E-state index is 12.2. The Bertz CT molecular complexity index is 825. The molecule has 5 nitrogen and oxygen atoms in total. The van der Waals surface area contributed by atoms with Gasteiger partial charge < -0.3 is 9.88 Å². The molecule has 0 aliphatic rings. The molecule has 6 heteroatoms. The van der Waals surface area contributed by atoms with E-state index < -0.39 is 10.8 Å². The Kier molecular flexibility index (Phi) is 4.34. The topological polar surface area (TPSA) is 64.0 Å². The standard InChI is InChI=1S/C17H15N3O2S/c1-23(22)16-8-4-14(5-9-16)19-17(21)13-2-6-15(7-3-13)20-11-10-18-12-20/h2-12H,1H3,(H,19,21). The van der Waals surface area contributed by atoms with Gasteiger partial charge in [-0.1, -0.05) is 0 Å². The lowest BCUT2D eigenvalue weighted by molar-refractivity contribution is 0.102. The van der Waals surface area contributed by atoms with Gasteiger partial charge in [-0.3, -0.25) is 9.00 Å². The second-order valence-corrected chi connectivity index (χ2v) is 6.33. The first kappa shape index (κ1) is 15.2. The van der Waals surface area contributed by atoms with Crippen molar-refractivity contribution >= 4 is 22.4 Å². The first-order valence-electron chi connectivity index (χ1n) is 6.97. The van der Waals surface area contributed by atoms with Crippen molar-refractivity contribution in [1.82, 2.24) is 9.55 Å². The van der Waals surface area contributed by atoms with Crippen LogP contribution in [0.1, 0.15) is 10.4 Å². The number of nitrogens with one attached hydrogen (secondary N) is 1. The molecule has 1 unspecified atom stereocenters. The fourth-order valence-electron chi connectivity index (χ4n) is 2.13. The molecule has 116 valence electrons. The van der Waals surface area contributed by atoms with E-state index in [1.165, 1.54) is 0 Å². The van der Waals surface area contributed by atoms with Crippen molar-refractivity contribution in [2.75, 3.05) is 11.6 Å². The maximum absolute atomic E-state index is 12.2. The van der Waals surface area contributed by atoms with Gasteiger partial charge in [0.05, 0.1) is 6.33 Å². The molecule has 0 aliphatic heterocycles. The number of amides is 1. The largest absolute Gasteiger partial charge is 0.322 e. The van der Waals surface area contributed by atoms with Crippen LogP contribution in [0.25, 0.3) is 5.69 Å². The molecule has 0 aliphatic carbocycles. The molecule has 0 saturated heterocycles. The SMILES string of the molecule is CS(=O)c1ccc(NC(=O)c2ccc(-n3ccnc3)cc2)cc1. The number of aromatic nitrogens is 2. The highest BCUT2D eigenvalue weighted by atomic mass is 32.2. The number of benzene rings is 2. The van der Waals surface area contributed by atoms with Gasteiger partial charge in [0.2, 0.25) is 0 Å². The molecular weight excluding hydrogens is 310 g/mol. The van der Waals surface area contributed by atoms with E-state index in [0.29, 0.717) is 11.3 Å². The maximum Gasteiger partial charge on any atom is 0.255 e. The van der Waals surface area contributed by atoms with Gasteiger partial charge in [-0.25, -0.2) is 4.98 Å². The van der Waals surface area contributed by atoms with Gasteiger partial charge in [-0.05, 0) is 48.5 Å².